The van der Waals surface area contributed by atoms with Gasteiger partial charge >= 0.3 is 0 Å². The van der Waals surface area contributed by atoms with Crippen LogP contribution in [0.3, 0.4) is 0 Å². The fraction of sp³-hybridized carbons (Fsp3) is 0.500. The van der Waals surface area contributed by atoms with E-state index < -0.39 is 0 Å². The number of rotatable bonds is 6. The van der Waals surface area contributed by atoms with Gasteiger partial charge in [0, 0.05) is 4.88 Å². The number of aromatic nitrogens is 4. The number of hydrogen-bond acceptors (Lipinski definition) is 5. The van der Waals surface area contributed by atoms with Crippen molar-refractivity contribution in [2.45, 2.75) is 32.9 Å². The lowest BCUT2D eigenvalue weighted by molar-refractivity contribution is -0.122. The van der Waals surface area contributed by atoms with Gasteiger partial charge in [-0.2, -0.15) is 0 Å². The SMILES string of the molecule is CC(C)C[C@H](NC(=O)Cn1cnnn1)c1cccs1. The Morgan fingerprint density at radius 2 is 2.37 bits per heavy atom. The molecule has 1 N–H and O–H groups in total. The van der Waals surface area contributed by atoms with Crippen LogP contribution in [0.25, 0.3) is 0 Å². The van der Waals surface area contributed by atoms with Crippen LogP contribution in [0.15, 0.2) is 23.8 Å². The van der Waals surface area contributed by atoms with Crippen LogP contribution < -0.4 is 5.32 Å². The third kappa shape index (κ3) is 4.13. The lowest BCUT2D eigenvalue weighted by atomic mass is 10.0. The average molecular weight is 279 g/mol. The Bertz CT molecular complexity index is 494. The van der Waals surface area contributed by atoms with Gasteiger partial charge in [-0.3, -0.25) is 4.79 Å². The largest absolute Gasteiger partial charge is 0.347 e. The third-order valence-corrected chi connectivity index (χ3v) is 3.61. The van der Waals surface area contributed by atoms with E-state index in [2.05, 4.69) is 40.8 Å². The number of tetrazole rings is 1. The maximum atomic E-state index is 12.0. The molecule has 0 saturated heterocycles. The second-order valence-corrected chi connectivity index (χ2v) is 5.75. The van der Waals surface area contributed by atoms with E-state index in [4.69, 9.17) is 0 Å². The standard InChI is InChI=1S/C12H17N5OS/c1-9(2)6-10(11-4-3-5-19-11)14-12(18)7-17-8-13-15-16-17/h3-5,8-10H,6-7H2,1-2H3,(H,14,18)/t10-/m0/s1. The van der Waals surface area contributed by atoms with Crippen molar-refractivity contribution in [2.24, 2.45) is 5.92 Å². The first-order valence-electron chi connectivity index (χ1n) is 6.18. The van der Waals surface area contributed by atoms with E-state index in [1.807, 2.05) is 11.4 Å². The highest BCUT2D eigenvalue weighted by Gasteiger charge is 2.17. The maximum Gasteiger partial charge on any atom is 0.242 e. The topological polar surface area (TPSA) is 72.7 Å². The van der Waals surface area contributed by atoms with Gasteiger partial charge in [0.05, 0.1) is 6.04 Å². The molecule has 7 heteroatoms. The van der Waals surface area contributed by atoms with Crippen LogP contribution in [-0.4, -0.2) is 26.1 Å². The summed E-state index contributed by atoms with van der Waals surface area (Å²) in [5, 5.41) is 15.8. The molecule has 2 aromatic heterocycles. The number of carbonyl (C=O) groups excluding carboxylic acids is 1. The molecule has 0 fully saturated rings. The zero-order chi connectivity index (χ0) is 13.7. The molecule has 2 heterocycles. The first-order valence-corrected chi connectivity index (χ1v) is 7.06. The summed E-state index contributed by atoms with van der Waals surface area (Å²) in [7, 11) is 0. The molecule has 0 bridgehead atoms. The molecule has 0 spiro atoms. The molecule has 0 saturated carbocycles. The fourth-order valence-electron chi connectivity index (χ4n) is 1.85. The Balaban J connectivity index is 1.97. The van der Waals surface area contributed by atoms with Crippen molar-refractivity contribution in [1.82, 2.24) is 25.5 Å². The summed E-state index contributed by atoms with van der Waals surface area (Å²) in [5.41, 5.74) is 0. The van der Waals surface area contributed by atoms with E-state index in [1.54, 1.807) is 11.3 Å². The first-order chi connectivity index (χ1) is 9.15. The van der Waals surface area contributed by atoms with Crippen molar-refractivity contribution in [2.75, 3.05) is 0 Å². The molecule has 0 aliphatic carbocycles. The molecule has 0 aliphatic heterocycles. The lowest BCUT2D eigenvalue weighted by Crippen LogP contribution is -2.32. The van der Waals surface area contributed by atoms with Gasteiger partial charge in [-0.25, -0.2) is 4.68 Å². The summed E-state index contributed by atoms with van der Waals surface area (Å²) in [4.78, 5) is 13.2. The van der Waals surface area contributed by atoms with Crippen molar-refractivity contribution in [1.29, 1.82) is 0 Å². The highest BCUT2D eigenvalue weighted by atomic mass is 32.1. The Morgan fingerprint density at radius 1 is 1.53 bits per heavy atom. The molecule has 102 valence electrons. The summed E-state index contributed by atoms with van der Waals surface area (Å²) in [6.07, 6.45) is 2.35. The van der Waals surface area contributed by atoms with Gasteiger partial charge < -0.3 is 5.32 Å². The van der Waals surface area contributed by atoms with Crippen LogP contribution in [-0.2, 0) is 11.3 Å². The van der Waals surface area contributed by atoms with Crippen molar-refractivity contribution in [3.63, 3.8) is 0 Å². The zero-order valence-corrected chi connectivity index (χ0v) is 11.8. The smallest absolute Gasteiger partial charge is 0.242 e. The van der Waals surface area contributed by atoms with Crippen LogP contribution in [0.5, 0.6) is 0 Å². The molecular weight excluding hydrogens is 262 g/mol. The van der Waals surface area contributed by atoms with Crippen molar-refractivity contribution in [3.05, 3.63) is 28.7 Å². The van der Waals surface area contributed by atoms with E-state index in [0.717, 1.165) is 6.42 Å². The summed E-state index contributed by atoms with van der Waals surface area (Å²) >= 11 is 1.66. The number of hydrogen-bond donors (Lipinski definition) is 1. The normalized spacial score (nSPS) is 12.6. The molecule has 0 aliphatic rings. The molecular formula is C12H17N5OS. The minimum Gasteiger partial charge on any atom is -0.347 e. The summed E-state index contributed by atoms with van der Waals surface area (Å²) in [6.45, 7) is 4.44. The third-order valence-electron chi connectivity index (χ3n) is 2.63. The fourth-order valence-corrected chi connectivity index (χ4v) is 2.64. The summed E-state index contributed by atoms with van der Waals surface area (Å²) < 4.78 is 1.41. The predicted molar refractivity (Wildman–Crippen MR) is 72.5 cm³/mol. The molecule has 2 rings (SSSR count). The number of thiophene rings is 1. The van der Waals surface area contributed by atoms with Crippen LogP contribution >= 0.6 is 11.3 Å². The van der Waals surface area contributed by atoms with E-state index in [9.17, 15) is 4.79 Å². The van der Waals surface area contributed by atoms with Crippen LogP contribution in [0.4, 0.5) is 0 Å². The van der Waals surface area contributed by atoms with E-state index >= 15 is 0 Å². The highest BCUT2D eigenvalue weighted by molar-refractivity contribution is 7.10. The predicted octanol–water partition coefficient (Wildman–Crippen LogP) is 1.64. The molecule has 1 amide bonds. The number of nitrogens with one attached hydrogen (secondary N) is 1. The summed E-state index contributed by atoms with van der Waals surface area (Å²) in [5.74, 6) is 0.437. The quantitative estimate of drug-likeness (QED) is 0.872. The molecule has 0 aromatic carbocycles. The molecule has 2 aromatic rings. The lowest BCUT2D eigenvalue weighted by Gasteiger charge is -2.19. The summed E-state index contributed by atoms with van der Waals surface area (Å²) in [6, 6.07) is 4.11. The van der Waals surface area contributed by atoms with Crippen molar-refractivity contribution in [3.8, 4) is 0 Å². The maximum absolute atomic E-state index is 12.0. The minimum atomic E-state index is -0.0775. The first kappa shape index (κ1) is 13.7. The van der Waals surface area contributed by atoms with Crippen molar-refractivity contribution >= 4 is 17.2 Å². The molecule has 6 nitrogen and oxygen atoms in total. The van der Waals surface area contributed by atoms with Gasteiger partial charge in [0.1, 0.15) is 12.9 Å². The Morgan fingerprint density at radius 3 is 2.95 bits per heavy atom. The van der Waals surface area contributed by atoms with Gasteiger partial charge in [-0.15, -0.1) is 16.4 Å². The number of carbonyl (C=O) groups is 1. The van der Waals surface area contributed by atoms with E-state index in [0.29, 0.717) is 5.92 Å². The Labute approximate surface area is 115 Å². The zero-order valence-electron chi connectivity index (χ0n) is 11.0. The van der Waals surface area contributed by atoms with Crippen LogP contribution in [0, 0.1) is 5.92 Å². The molecule has 0 radical (unpaired) electrons. The number of nitrogens with zero attached hydrogens (tertiary/aromatic N) is 4. The Kier molecular flexibility index (Phi) is 4.62. The van der Waals surface area contributed by atoms with Gasteiger partial charge in [0.2, 0.25) is 5.91 Å². The monoisotopic (exact) mass is 279 g/mol. The van der Waals surface area contributed by atoms with Gasteiger partial charge in [-0.1, -0.05) is 19.9 Å². The Hall–Kier alpha value is -1.76. The van der Waals surface area contributed by atoms with Gasteiger partial charge in [0.25, 0.3) is 0 Å². The van der Waals surface area contributed by atoms with Crippen LogP contribution in [0.1, 0.15) is 31.2 Å². The minimum absolute atomic E-state index is 0.0592. The average Bonchev–Trinajstić information content (AvgIpc) is 2.99. The van der Waals surface area contributed by atoms with Crippen molar-refractivity contribution < 1.29 is 4.79 Å². The van der Waals surface area contributed by atoms with Gasteiger partial charge in [-0.05, 0) is 34.2 Å². The highest BCUT2D eigenvalue weighted by Crippen LogP contribution is 2.25. The second-order valence-electron chi connectivity index (χ2n) is 4.77. The molecule has 0 unspecified atom stereocenters. The number of amides is 1. The molecule has 19 heavy (non-hydrogen) atoms. The van der Waals surface area contributed by atoms with E-state index in [1.165, 1.54) is 15.9 Å². The second kappa shape index (κ2) is 6.42. The van der Waals surface area contributed by atoms with E-state index in [-0.39, 0.29) is 18.5 Å². The van der Waals surface area contributed by atoms with Gasteiger partial charge in [0.15, 0.2) is 0 Å². The molecule has 1 atom stereocenters. The van der Waals surface area contributed by atoms with Crippen LogP contribution in [0.2, 0.25) is 0 Å².